The van der Waals surface area contributed by atoms with Gasteiger partial charge in [-0.05, 0) is 0 Å². The quantitative estimate of drug-likeness (QED) is 0.675. The third kappa shape index (κ3) is 4.75. The molecule has 0 atom stereocenters. The Labute approximate surface area is 87.7 Å². The third-order valence-electron chi connectivity index (χ3n) is 1.44. The van der Waals surface area contributed by atoms with Crippen molar-refractivity contribution in [3.05, 3.63) is 5.82 Å². The van der Waals surface area contributed by atoms with Crippen LogP contribution in [0, 0.1) is 0 Å². The van der Waals surface area contributed by atoms with Gasteiger partial charge in [-0.15, -0.1) is 0 Å². The van der Waals surface area contributed by atoms with Crippen LogP contribution in [0.15, 0.2) is 4.52 Å². The average molecular weight is 235 g/mol. The van der Waals surface area contributed by atoms with Crippen LogP contribution in [0.3, 0.4) is 0 Å². The Balaban J connectivity index is 2.49. The molecule has 0 saturated carbocycles. The summed E-state index contributed by atoms with van der Waals surface area (Å²) in [4.78, 5) is 3.84. The average Bonchev–Trinajstić information content (AvgIpc) is 2.50. The Hall–Kier alpha value is -1.15. The molecule has 0 fully saturated rings. The van der Waals surface area contributed by atoms with E-state index in [1.807, 2.05) is 0 Å². The molecule has 1 aromatic rings. The van der Waals surface area contributed by atoms with E-state index in [1.165, 1.54) is 0 Å². The van der Waals surface area contributed by atoms with Crippen LogP contribution in [-0.2, 0) is 20.3 Å². The number of nitrogens with zero attached hydrogens (tertiary/aromatic N) is 2. The molecule has 0 aliphatic rings. The maximum absolute atomic E-state index is 10.9. The third-order valence-corrected chi connectivity index (χ3v) is 2.22. The van der Waals surface area contributed by atoms with Gasteiger partial charge >= 0.3 is 6.01 Å². The highest BCUT2D eigenvalue weighted by atomic mass is 32.2. The second-order valence-corrected chi connectivity index (χ2v) is 5.15. The van der Waals surface area contributed by atoms with Gasteiger partial charge in [-0.1, -0.05) is 5.16 Å². The molecule has 1 aromatic heterocycles. The second-order valence-electron chi connectivity index (χ2n) is 3.01. The minimum absolute atomic E-state index is 0.150. The van der Waals surface area contributed by atoms with Gasteiger partial charge < -0.3 is 14.6 Å². The van der Waals surface area contributed by atoms with E-state index >= 15 is 0 Å². The summed E-state index contributed by atoms with van der Waals surface area (Å²) in [7, 11) is -1.55. The predicted octanol–water partition coefficient (Wildman–Crippen LogP) is -0.327. The van der Waals surface area contributed by atoms with Gasteiger partial charge in [0.25, 0.3) is 0 Å². The van der Waals surface area contributed by atoms with E-state index in [2.05, 4.69) is 15.5 Å². The minimum Gasteiger partial charge on any atom is -0.383 e. The van der Waals surface area contributed by atoms with Crippen molar-refractivity contribution in [3.63, 3.8) is 0 Å². The first-order chi connectivity index (χ1) is 7.01. The maximum atomic E-state index is 10.9. The molecule has 86 valence electrons. The van der Waals surface area contributed by atoms with Gasteiger partial charge in [0, 0.05) is 19.9 Å². The van der Waals surface area contributed by atoms with Crippen molar-refractivity contribution >= 4 is 15.9 Å². The van der Waals surface area contributed by atoms with Crippen LogP contribution < -0.4 is 5.32 Å². The summed E-state index contributed by atoms with van der Waals surface area (Å²) in [5, 5.41) is 6.30. The second kappa shape index (κ2) is 5.08. The van der Waals surface area contributed by atoms with Gasteiger partial charge in [-0.3, -0.25) is 0 Å². The summed E-state index contributed by atoms with van der Waals surface area (Å²) in [6, 6.07) is 0.200. The first-order valence-corrected chi connectivity index (χ1v) is 6.30. The zero-order chi connectivity index (χ0) is 11.3. The summed E-state index contributed by atoms with van der Waals surface area (Å²) < 4.78 is 31.4. The lowest BCUT2D eigenvalue weighted by molar-refractivity contribution is 0.210. The summed E-state index contributed by atoms with van der Waals surface area (Å²) >= 11 is 0. The number of rotatable bonds is 6. The van der Waals surface area contributed by atoms with Gasteiger partial charge in [0.15, 0.2) is 15.7 Å². The maximum Gasteiger partial charge on any atom is 0.321 e. The molecule has 0 amide bonds. The number of anilines is 1. The summed E-state index contributed by atoms with van der Waals surface area (Å²) in [5.41, 5.74) is 0. The molecule has 0 aromatic carbocycles. The monoisotopic (exact) mass is 235 g/mol. The topological polar surface area (TPSA) is 94.3 Å². The number of nitrogens with one attached hydrogen (secondary N) is 1. The smallest absolute Gasteiger partial charge is 0.321 e. The van der Waals surface area contributed by atoms with Crippen LogP contribution in [0.5, 0.6) is 0 Å². The molecule has 0 bridgehead atoms. The summed E-state index contributed by atoms with van der Waals surface area (Å²) in [6.45, 7) is 1.03. The minimum atomic E-state index is -3.13. The Bertz CT molecular complexity index is 400. The molecule has 15 heavy (non-hydrogen) atoms. The zero-order valence-electron chi connectivity index (χ0n) is 8.56. The molecule has 0 aliphatic carbocycles. The predicted molar refractivity (Wildman–Crippen MR) is 53.2 cm³/mol. The fourth-order valence-corrected chi connectivity index (χ4v) is 1.47. The largest absolute Gasteiger partial charge is 0.383 e. The first-order valence-electron chi connectivity index (χ1n) is 4.24. The fourth-order valence-electron chi connectivity index (χ4n) is 0.879. The van der Waals surface area contributed by atoms with Crippen molar-refractivity contribution in [2.75, 3.05) is 31.8 Å². The highest BCUT2D eigenvalue weighted by Crippen LogP contribution is 2.05. The van der Waals surface area contributed by atoms with E-state index in [0.29, 0.717) is 13.2 Å². The molecule has 0 spiro atoms. The van der Waals surface area contributed by atoms with Crippen LogP contribution in [0.2, 0.25) is 0 Å². The van der Waals surface area contributed by atoms with Gasteiger partial charge in [0.2, 0.25) is 0 Å². The molecule has 1 N–H and O–H groups in total. The van der Waals surface area contributed by atoms with Crippen molar-refractivity contribution in [1.29, 1.82) is 0 Å². The highest BCUT2D eigenvalue weighted by Gasteiger charge is 2.11. The Kier molecular flexibility index (Phi) is 4.04. The Morgan fingerprint density at radius 3 is 2.87 bits per heavy atom. The molecule has 0 unspecified atom stereocenters. The van der Waals surface area contributed by atoms with E-state index in [0.717, 1.165) is 6.26 Å². The number of aromatic nitrogens is 2. The van der Waals surface area contributed by atoms with E-state index < -0.39 is 9.84 Å². The molecule has 8 heteroatoms. The van der Waals surface area contributed by atoms with Crippen LogP contribution in [0.25, 0.3) is 0 Å². The van der Waals surface area contributed by atoms with Gasteiger partial charge in [0.1, 0.15) is 5.75 Å². The van der Waals surface area contributed by atoms with Gasteiger partial charge in [-0.2, -0.15) is 4.98 Å². The molecule has 1 rings (SSSR count). The van der Waals surface area contributed by atoms with Crippen molar-refractivity contribution in [2.24, 2.45) is 0 Å². The highest BCUT2D eigenvalue weighted by molar-refractivity contribution is 7.89. The molecular formula is C7H13N3O4S. The van der Waals surface area contributed by atoms with Crippen LogP contribution >= 0.6 is 0 Å². The molecule has 0 aliphatic heterocycles. The number of ether oxygens (including phenoxy) is 1. The first kappa shape index (κ1) is 11.9. The van der Waals surface area contributed by atoms with Crippen LogP contribution in [-0.4, -0.2) is 45.1 Å². The number of hydrogen-bond donors (Lipinski definition) is 1. The zero-order valence-corrected chi connectivity index (χ0v) is 9.37. The van der Waals surface area contributed by atoms with Crippen LogP contribution in [0.1, 0.15) is 5.82 Å². The number of hydrogen-bond acceptors (Lipinski definition) is 7. The van der Waals surface area contributed by atoms with Crippen molar-refractivity contribution in [3.8, 4) is 0 Å². The summed E-state index contributed by atoms with van der Waals surface area (Å²) in [5.74, 6) is -0.0694. The SMILES string of the molecule is COCCNc1nc(CS(C)(=O)=O)no1. The molecule has 7 nitrogen and oxygen atoms in total. The van der Waals surface area contributed by atoms with Crippen LogP contribution in [0.4, 0.5) is 6.01 Å². The van der Waals surface area contributed by atoms with Crippen molar-refractivity contribution < 1.29 is 17.7 Å². The molecular weight excluding hydrogens is 222 g/mol. The van der Waals surface area contributed by atoms with Crippen molar-refractivity contribution in [2.45, 2.75) is 5.75 Å². The number of sulfone groups is 1. The Morgan fingerprint density at radius 1 is 1.53 bits per heavy atom. The summed E-state index contributed by atoms with van der Waals surface area (Å²) in [6.07, 6.45) is 1.11. The van der Waals surface area contributed by atoms with E-state index in [4.69, 9.17) is 9.26 Å². The lowest BCUT2D eigenvalue weighted by Crippen LogP contribution is -2.08. The lowest BCUT2D eigenvalue weighted by Gasteiger charge is -1.97. The fraction of sp³-hybridized carbons (Fsp3) is 0.714. The van der Waals surface area contributed by atoms with E-state index in [1.54, 1.807) is 7.11 Å². The van der Waals surface area contributed by atoms with Crippen molar-refractivity contribution in [1.82, 2.24) is 10.1 Å². The number of methoxy groups -OCH3 is 1. The molecule has 1 heterocycles. The normalized spacial score (nSPS) is 11.6. The Morgan fingerprint density at radius 2 is 2.27 bits per heavy atom. The van der Waals surface area contributed by atoms with E-state index in [-0.39, 0.29) is 17.6 Å². The molecule has 0 radical (unpaired) electrons. The van der Waals surface area contributed by atoms with Gasteiger partial charge in [0.05, 0.1) is 6.61 Å². The van der Waals surface area contributed by atoms with Gasteiger partial charge in [-0.25, -0.2) is 8.42 Å². The molecule has 0 saturated heterocycles. The van der Waals surface area contributed by atoms with E-state index in [9.17, 15) is 8.42 Å². The standard InChI is InChI=1S/C7H13N3O4S/c1-13-4-3-8-7-9-6(10-14-7)5-15(2,11)12/h3-5H2,1-2H3,(H,8,9,10). The lowest BCUT2D eigenvalue weighted by atomic mass is 10.7.